The van der Waals surface area contributed by atoms with Gasteiger partial charge in [-0.25, -0.2) is 0 Å². The number of nitrogens with one attached hydrogen (secondary N) is 1. The lowest BCUT2D eigenvalue weighted by Crippen LogP contribution is -2.48. The monoisotopic (exact) mass is 280 g/mol. The second-order valence-electron chi connectivity index (χ2n) is 4.49. The highest BCUT2D eigenvalue weighted by Gasteiger charge is 2.31. The normalized spacial score (nSPS) is 27.4. The molecule has 0 aliphatic carbocycles. The van der Waals surface area contributed by atoms with Crippen LogP contribution in [0.25, 0.3) is 0 Å². The van der Waals surface area contributed by atoms with Crippen molar-refractivity contribution < 1.29 is 36.5 Å². The first-order valence-corrected chi connectivity index (χ1v) is 6.13. The predicted molar refractivity (Wildman–Crippen MR) is 63.1 cm³/mol. The Bertz CT molecular complexity index is 319. The topological polar surface area (TPSA) is 139 Å². The van der Waals surface area contributed by atoms with Crippen molar-refractivity contribution in [2.45, 2.75) is 43.3 Å². The number of aliphatic hydroxyl groups is 5. The molecule has 0 radical (unpaired) electrons. The van der Waals surface area contributed by atoms with Crippen molar-refractivity contribution in [2.24, 2.45) is 0 Å². The van der Waals surface area contributed by atoms with Crippen LogP contribution < -0.4 is 5.31 Å². The van der Waals surface area contributed by atoms with E-state index in [0.29, 0.717) is 19.4 Å². The third kappa shape index (κ3) is 4.68. The maximum absolute atomic E-state index is 11.6. The molecule has 1 rings (SSSR count). The van der Waals surface area contributed by atoms with Crippen LogP contribution in [0.4, 0.5) is 0 Å². The number of hydrogen-bond acceptors (Lipinski definition) is 8. The molecule has 1 aliphatic heterocycles. The van der Waals surface area contributed by atoms with Gasteiger partial charge in [-0.2, -0.15) is 0 Å². The molecule has 8 heteroatoms. The highest BCUT2D eigenvalue weighted by atomic mass is 16.5. The Balaban J connectivity index is 2.38. The van der Waals surface area contributed by atoms with E-state index in [1.165, 1.54) is 0 Å². The van der Waals surface area contributed by atoms with E-state index in [1.54, 1.807) is 0 Å². The number of carbonyl (C=O) groups is 1. The number of rotatable bonds is 7. The molecule has 0 unspecified atom stereocenters. The quantitative estimate of drug-likeness (QED) is 0.267. The van der Waals surface area contributed by atoms with Gasteiger partial charge in [-0.1, -0.05) is 0 Å². The van der Waals surface area contributed by atoms with Gasteiger partial charge < -0.3 is 35.6 Å². The number of aliphatic hydroxyl groups excluding tert-OH is 5. The van der Waals surface area contributed by atoms with Crippen LogP contribution in [0.1, 0.15) is 12.8 Å². The van der Waals surface area contributed by atoms with Gasteiger partial charge in [-0.05, 0) is 19.4 Å². The smallest absolute Gasteiger partial charge is 0.323 e. The van der Waals surface area contributed by atoms with Gasteiger partial charge in [0.1, 0.15) is 38.5 Å². The van der Waals surface area contributed by atoms with E-state index in [9.17, 15) is 20.1 Å². The van der Waals surface area contributed by atoms with E-state index in [1.807, 2.05) is 0 Å². The summed E-state index contributed by atoms with van der Waals surface area (Å²) in [7, 11) is 0. The van der Waals surface area contributed by atoms with Gasteiger partial charge in [0.15, 0.2) is 0 Å². The summed E-state index contributed by atoms with van der Waals surface area (Å²) in [6, 6.07) is -0.688. The zero-order valence-electron chi connectivity index (χ0n) is 11.4. The molecule has 0 bridgehead atoms. The molecule has 0 spiro atoms. The maximum atomic E-state index is 11.6. The van der Waals surface area contributed by atoms with E-state index in [0.717, 1.165) is 5.31 Å². The first kappa shape index (κ1) is 14.6. The SMILES string of the molecule is [2H]N1CCC[C@H]1C(=O)OC[C@@H](O)[C@@H](O)[C@H](O)[C@@H](O)CO. The van der Waals surface area contributed by atoms with Gasteiger partial charge in [0.05, 0.1) is 6.61 Å². The molecule has 0 amide bonds. The first-order valence-electron chi connectivity index (χ1n) is 6.58. The van der Waals surface area contributed by atoms with Crippen LogP contribution in [0.2, 0.25) is 1.41 Å². The summed E-state index contributed by atoms with van der Waals surface area (Å²) in [6.45, 7) is -0.882. The van der Waals surface area contributed by atoms with Crippen molar-refractivity contribution in [3.63, 3.8) is 0 Å². The Morgan fingerprint density at radius 1 is 1.32 bits per heavy atom. The van der Waals surface area contributed by atoms with Crippen molar-refractivity contribution in [2.75, 3.05) is 19.8 Å². The molecular weight excluding hydrogens is 258 g/mol. The number of ether oxygens (including phenoxy) is 1. The maximum Gasteiger partial charge on any atom is 0.323 e. The summed E-state index contributed by atoms with van der Waals surface area (Å²) in [5.41, 5.74) is 0. The minimum atomic E-state index is -1.76. The molecule has 0 aromatic carbocycles. The first-order chi connectivity index (χ1) is 9.38. The minimum Gasteiger partial charge on any atom is -0.462 e. The summed E-state index contributed by atoms with van der Waals surface area (Å²) in [5.74, 6) is -0.680. The van der Waals surface area contributed by atoms with Crippen LogP contribution in [0.5, 0.6) is 0 Å². The van der Waals surface area contributed by atoms with E-state index in [4.69, 9.17) is 16.4 Å². The molecule has 0 aromatic rings. The fraction of sp³-hybridized carbons (Fsp3) is 0.909. The lowest BCUT2D eigenvalue weighted by Gasteiger charge is -2.25. The van der Waals surface area contributed by atoms with Crippen LogP contribution in [0, 0.1) is 0 Å². The fourth-order valence-electron chi connectivity index (χ4n) is 1.74. The van der Waals surface area contributed by atoms with Gasteiger partial charge >= 0.3 is 5.97 Å². The van der Waals surface area contributed by atoms with E-state index in [-0.39, 0.29) is 0 Å². The Hall–Kier alpha value is -0.770. The van der Waals surface area contributed by atoms with Crippen molar-refractivity contribution in [1.29, 1.82) is 0 Å². The second-order valence-corrected chi connectivity index (χ2v) is 4.49. The van der Waals surface area contributed by atoms with Crippen LogP contribution in [0.3, 0.4) is 0 Å². The highest BCUT2D eigenvalue weighted by molar-refractivity contribution is 5.76. The van der Waals surface area contributed by atoms with Crippen molar-refractivity contribution >= 4 is 5.97 Å². The van der Waals surface area contributed by atoms with Gasteiger partial charge in [0.25, 0.3) is 0 Å². The zero-order chi connectivity index (χ0) is 15.3. The summed E-state index contributed by atoms with van der Waals surface area (Å²) in [6.07, 6.45) is -5.53. The molecular formula is C11H21NO7. The Labute approximate surface area is 112 Å². The molecule has 0 saturated carbocycles. The van der Waals surface area contributed by atoms with Crippen molar-refractivity contribution in [3.05, 3.63) is 0 Å². The molecule has 19 heavy (non-hydrogen) atoms. The Morgan fingerprint density at radius 3 is 2.47 bits per heavy atom. The van der Waals surface area contributed by atoms with Gasteiger partial charge in [0, 0.05) is 0 Å². The molecule has 1 aliphatic rings. The average molecular weight is 280 g/mol. The van der Waals surface area contributed by atoms with Crippen LogP contribution in [0.15, 0.2) is 0 Å². The standard InChI is InChI=1S/C11H21NO7/c13-4-7(14)9(16)10(17)8(15)5-19-11(18)6-2-1-3-12-6/h6-10,12-17H,1-5H2/t6-,7-,8+,9+,10+/m0/s1/i/hD. The third-order valence-corrected chi connectivity index (χ3v) is 2.98. The summed E-state index contributed by atoms with van der Waals surface area (Å²) < 4.78 is 12.2. The van der Waals surface area contributed by atoms with Crippen molar-refractivity contribution in [3.8, 4) is 0 Å². The molecule has 1 heterocycles. The Morgan fingerprint density at radius 2 is 1.95 bits per heavy atom. The van der Waals surface area contributed by atoms with Gasteiger partial charge in [-0.15, -0.1) is 0 Å². The van der Waals surface area contributed by atoms with Gasteiger partial charge in [-0.3, -0.25) is 4.79 Å². The fourth-order valence-corrected chi connectivity index (χ4v) is 1.74. The molecule has 1 fully saturated rings. The summed E-state index contributed by atoms with van der Waals surface area (Å²) >= 11 is 0. The van der Waals surface area contributed by atoms with Crippen LogP contribution in [-0.2, 0) is 9.53 Å². The number of carbonyl (C=O) groups excluding carboxylic acids is 1. The molecule has 5 atom stereocenters. The van der Waals surface area contributed by atoms with Crippen molar-refractivity contribution in [1.82, 2.24) is 5.31 Å². The van der Waals surface area contributed by atoms with Crippen LogP contribution in [-0.4, -0.2) is 81.7 Å². The number of hydrogen-bond donors (Lipinski definition) is 6. The Kier molecular flexibility index (Phi) is 5.95. The zero-order valence-corrected chi connectivity index (χ0v) is 10.4. The molecule has 6 N–H and O–H groups in total. The lowest BCUT2D eigenvalue weighted by molar-refractivity contribution is -0.157. The van der Waals surface area contributed by atoms with E-state index >= 15 is 0 Å². The second kappa shape index (κ2) is 7.73. The predicted octanol–water partition coefficient (Wildman–Crippen LogP) is -3.28. The number of esters is 1. The molecule has 8 nitrogen and oxygen atoms in total. The summed E-state index contributed by atoms with van der Waals surface area (Å²) in [4.78, 5) is 11.6. The molecule has 1 saturated heterocycles. The highest BCUT2D eigenvalue weighted by Crippen LogP contribution is 2.09. The largest absolute Gasteiger partial charge is 0.462 e. The summed E-state index contributed by atoms with van der Waals surface area (Å²) in [5, 5.41) is 47.3. The lowest BCUT2D eigenvalue weighted by atomic mass is 10.0. The van der Waals surface area contributed by atoms with Gasteiger partial charge in [0.2, 0.25) is 0 Å². The molecule has 112 valence electrons. The molecule has 0 aromatic heterocycles. The average Bonchev–Trinajstić information content (AvgIpc) is 2.87. The van der Waals surface area contributed by atoms with E-state index in [2.05, 4.69) is 0 Å². The van der Waals surface area contributed by atoms with Crippen LogP contribution >= 0.6 is 0 Å². The minimum absolute atomic E-state index is 0.465. The third-order valence-electron chi connectivity index (χ3n) is 2.98. The van der Waals surface area contributed by atoms with E-state index < -0.39 is 49.6 Å².